The van der Waals surface area contributed by atoms with Crippen LogP contribution in [-0.4, -0.2) is 38.1 Å². The fourth-order valence-corrected chi connectivity index (χ4v) is 1.91. The molecule has 1 atom stereocenters. The number of amides is 1. The second kappa shape index (κ2) is 8.06. The van der Waals surface area contributed by atoms with Crippen molar-refractivity contribution in [1.82, 2.24) is 10.6 Å². The van der Waals surface area contributed by atoms with Gasteiger partial charge in [0.15, 0.2) is 0 Å². The lowest BCUT2D eigenvalue weighted by atomic mass is 9.99. The molecule has 5 heteroatoms. The molecule has 2 N–H and O–H groups in total. The van der Waals surface area contributed by atoms with Gasteiger partial charge >= 0.3 is 5.97 Å². The number of hydrogen-bond donors (Lipinski definition) is 2. The van der Waals surface area contributed by atoms with E-state index in [9.17, 15) is 9.59 Å². The summed E-state index contributed by atoms with van der Waals surface area (Å²) >= 11 is 0. The molecule has 1 amide bonds. The molecule has 0 spiro atoms. The number of nitrogens with one attached hydrogen (secondary N) is 2. The van der Waals surface area contributed by atoms with E-state index in [4.69, 9.17) is 4.74 Å². The zero-order valence-electron chi connectivity index (χ0n) is 10.5. The summed E-state index contributed by atoms with van der Waals surface area (Å²) in [4.78, 5) is 23.0. The molecule has 0 aromatic carbocycles. The van der Waals surface area contributed by atoms with Crippen molar-refractivity contribution >= 4 is 11.9 Å². The summed E-state index contributed by atoms with van der Waals surface area (Å²) in [6, 6.07) is 0. The topological polar surface area (TPSA) is 67.4 Å². The van der Waals surface area contributed by atoms with Crippen molar-refractivity contribution in [3.05, 3.63) is 0 Å². The van der Waals surface area contributed by atoms with Crippen LogP contribution in [0.5, 0.6) is 0 Å². The highest BCUT2D eigenvalue weighted by Gasteiger charge is 2.19. The molecular formula is C12H22N2O3. The Labute approximate surface area is 102 Å². The summed E-state index contributed by atoms with van der Waals surface area (Å²) in [5.74, 6) is -0.182. The molecule has 0 bridgehead atoms. The number of carbonyl (C=O) groups excluding carboxylic acids is 2. The third kappa shape index (κ3) is 5.68. The predicted octanol–water partition coefficient (Wildman–Crippen LogP) is 0.446. The first-order valence-electron chi connectivity index (χ1n) is 6.38. The summed E-state index contributed by atoms with van der Waals surface area (Å²) in [6.07, 6.45) is 2.94. The molecule has 1 aliphatic heterocycles. The molecule has 0 aromatic heterocycles. The van der Waals surface area contributed by atoms with Crippen molar-refractivity contribution in [3.63, 3.8) is 0 Å². The monoisotopic (exact) mass is 242 g/mol. The zero-order valence-corrected chi connectivity index (χ0v) is 10.5. The van der Waals surface area contributed by atoms with Gasteiger partial charge in [-0.15, -0.1) is 0 Å². The van der Waals surface area contributed by atoms with Crippen LogP contribution in [0.15, 0.2) is 0 Å². The Morgan fingerprint density at radius 1 is 1.35 bits per heavy atom. The van der Waals surface area contributed by atoms with E-state index in [1.807, 2.05) is 6.92 Å². The Bertz CT molecular complexity index is 256. The maximum atomic E-state index is 11.7. The van der Waals surface area contributed by atoms with Gasteiger partial charge in [-0.2, -0.15) is 0 Å². The summed E-state index contributed by atoms with van der Waals surface area (Å²) in [6.45, 7) is 4.34. The van der Waals surface area contributed by atoms with Gasteiger partial charge in [0.2, 0.25) is 5.91 Å². The van der Waals surface area contributed by atoms with Gasteiger partial charge in [-0.05, 0) is 32.7 Å². The van der Waals surface area contributed by atoms with Gasteiger partial charge in [-0.25, -0.2) is 0 Å². The lowest BCUT2D eigenvalue weighted by Gasteiger charge is -2.15. The first kappa shape index (κ1) is 14.0. The van der Waals surface area contributed by atoms with Crippen LogP contribution in [0.4, 0.5) is 0 Å². The Morgan fingerprint density at radius 2 is 2.18 bits per heavy atom. The van der Waals surface area contributed by atoms with Gasteiger partial charge in [0.25, 0.3) is 0 Å². The maximum Gasteiger partial charge on any atom is 0.308 e. The van der Waals surface area contributed by atoms with Crippen LogP contribution in [0.25, 0.3) is 0 Å². The van der Waals surface area contributed by atoms with Crippen molar-refractivity contribution in [2.45, 2.75) is 32.6 Å². The molecular weight excluding hydrogens is 220 g/mol. The Morgan fingerprint density at radius 3 is 2.94 bits per heavy atom. The van der Waals surface area contributed by atoms with E-state index in [-0.39, 0.29) is 17.8 Å². The lowest BCUT2D eigenvalue weighted by Crippen LogP contribution is -2.29. The number of carbonyl (C=O) groups is 2. The largest absolute Gasteiger partial charge is 0.466 e. The third-order valence-electron chi connectivity index (χ3n) is 2.87. The van der Waals surface area contributed by atoms with Crippen molar-refractivity contribution in [2.24, 2.45) is 5.92 Å². The molecule has 0 radical (unpaired) electrons. The minimum Gasteiger partial charge on any atom is -0.466 e. The van der Waals surface area contributed by atoms with Crippen LogP contribution in [-0.2, 0) is 14.3 Å². The van der Waals surface area contributed by atoms with Crippen LogP contribution in [0.1, 0.15) is 32.6 Å². The van der Waals surface area contributed by atoms with Crippen molar-refractivity contribution < 1.29 is 14.3 Å². The summed E-state index contributed by atoms with van der Waals surface area (Å²) in [7, 11) is 0. The molecule has 1 heterocycles. The van der Waals surface area contributed by atoms with E-state index in [0.717, 1.165) is 19.4 Å². The van der Waals surface area contributed by atoms with Crippen LogP contribution >= 0.6 is 0 Å². The van der Waals surface area contributed by atoms with Gasteiger partial charge in [0.1, 0.15) is 0 Å². The molecule has 1 aliphatic rings. The Balaban J connectivity index is 2.45. The van der Waals surface area contributed by atoms with Gasteiger partial charge in [0, 0.05) is 19.5 Å². The Hall–Kier alpha value is -1.10. The van der Waals surface area contributed by atoms with Crippen LogP contribution in [0, 0.1) is 5.92 Å². The summed E-state index contributed by atoms with van der Waals surface area (Å²) in [5, 5.41) is 6.01. The molecule has 1 fully saturated rings. The Kier molecular flexibility index (Phi) is 6.62. The number of ether oxygens (including phenoxy) is 1. The zero-order chi connectivity index (χ0) is 12.5. The highest BCUT2D eigenvalue weighted by molar-refractivity contribution is 5.76. The highest BCUT2D eigenvalue weighted by atomic mass is 16.5. The average Bonchev–Trinajstić information content (AvgIpc) is 2.35. The average molecular weight is 242 g/mol. The summed E-state index contributed by atoms with van der Waals surface area (Å²) in [5.41, 5.74) is 0. The van der Waals surface area contributed by atoms with E-state index in [1.165, 1.54) is 0 Å². The molecule has 5 nitrogen and oxygen atoms in total. The van der Waals surface area contributed by atoms with Crippen LogP contribution in [0.3, 0.4) is 0 Å². The second-order valence-corrected chi connectivity index (χ2v) is 4.23. The van der Waals surface area contributed by atoms with Gasteiger partial charge in [0.05, 0.1) is 12.5 Å². The van der Waals surface area contributed by atoms with E-state index in [0.29, 0.717) is 32.5 Å². The van der Waals surface area contributed by atoms with E-state index >= 15 is 0 Å². The minimum absolute atomic E-state index is 0.0435. The first-order valence-corrected chi connectivity index (χ1v) is 6.38. The fourth-order valence-electron chi connectivity index (χ4n) is 1.91. The van der Waals surface area contributed by atoms with Crippen LogP contribution in [0.2, 0.25) is 0 Å². The van der Waals surface area contributed by atoms with Crippen molar-refractivity contribution in [1.29, 1.82) is 0 Å². The number of esters is 1. The molecule has 0 saturated carbocycles. The summed E-state index contributed by atoms with van der Waals surface area (Å²) < 4.78 is 5.04. The normalized spacial score (nSPS) is 23.4. The minimum atomic E-state index is -0.138. The first-order chi connectivity index (χ1) is 8.24. The molecule has 17 heavy (non-hydrogen) atoms. The van der Waals surface area contributed by atoms with E-state index < -0.39 is 0 Å². The standard InChI is InChI=1S/C12H22N2O3/c1-2-17-12(16)10-4-3-7-13-8-6-11(15)14-9-5-10/h10,13H,2-9H2,1H3,(H,14,15). The second-order valence-electron chi connectivity index (χ2n) is 4.23. The van der Waals surface area contributed by atoms with Crippen molar-refractivity contribution in [3.8, 4) is 0 Å². The molecule has 1 saturated heterocycles. The number of hydrogen-bond acceptors (Lipinski definition) is 4. The van der Waals surface area contributed by atoms with E-state index in [1.54, 1.807) is 0 Å². The predicted molar refractivity (Wildman–Crippen MR) is 64.5 cm³/mol. The number of rotatable bonds is 2. The molecule has 1 unspecified atom stereocenters. The molecule has 0 aromatic rings. The lowest BCUT2D eigenvalue weighted by molar-refractivity contribution is -0.148. The van der Waals surface area contributed by atoms with Crippen molar-refractivity contribution in [2.75, 3.05) is 26.2 Å². The van der Waals surface area contributed by atoms with Gasteiger partial charge in [-0.1, -0.05) is 0 Å². The van der Waals surface area contributed by atoms with Gasteiger partial charge < -0.3 is 15.4 Å². The SMILES string of the molecule is CCOC(=O)C1CCCNCCC(=O)NCC1. The smallest absolute Gasteiger partial charge is 0.308 e. The third-order valence-corrected chi connectivity index (χ3v) is 2.87. The van der Waals surface area contributed by atoms with Crippen LogP contribution < -0.4 is 10.6 Å². The molecule has 98 valence electrons. The van der Waals surface area contributed by atoms with Gasteiger partial charge in [-0.3, -0.25) is 9.59 Å². The fraction of sp³-hybridized carbons (Fsp3) is 0.833. The molecule has 0 aliphatic carbocycles. The van der Waals surface area contributed by atoms with E-state index in [2.05, 4.69) is 10.6 Å². The quantitative estimate of drug-likeness (QED) is 0.690. The maximum absolute atomic E-state index is 11.7. The highest BCUT2D eigenvalue weighted by Crippen LogP contribution is 2.13. The molecule has 1 rings (SSSR count).